The van der Waals surface area contributed by atoms with Crippen molar-refractivity contribution in [3.8, 4) is 0 Å². The lowest BCUT2D eigenvalue weighted by Gasteiger charge is -2.42. The third-order valence-electron chi connectivity index (χ3n) is 4.92. The van der Waals surface area contributed by atoms with Crippen LogP contribution in [0.3, 0.4) is 0 Å². The Balaban J connectivity index is 1.97. The van der Waals surface area contributed by atoms with Gasteiger partial charge in [0.05, 0.1) is 5.60 Å². The second kappa shape index (κ2) is 5.05. The van der Waals surface area contributed by atoms with Crippen LogP contribution in [0.15, 0.2) is 0 Å². The van der Waals surface area contributed by atoms with Gasteiger partial charge in [0.15, 0.2) is 0 Å². The lowest BCUT2D eigenvalue weighted by Crippen LogP contribution is -2.50. The smallest absolute Gasteiger partial charge is 0.0769 e. The fourth-order valence-corrected chi connectivity index (χ4v) is 3.61. The topological polar surface area (TPSA) is 23.5 Å². The summed E-state index contributed by atoms with van der Waals surface area (Å²) in [6.45, 7) is 6.34. The first-order valence-electron chi connectivity index (χ1n) is 7.15. The van der Waals surface area contributed by atoms with Crippen LogP contribution in [0.1, 0.15) is 58.8 Å². The van der Waals surface area contributed by atoms with Crippen LogP contribution in [0.4, 0.5) is 0 Å². The van der Waals surface area contributed by atoms with Crippen LogP contribution in [0.25, 0.3) is 0 Å². The molecule has 1 saturated carbocycles. The van der Waals surface area contributed by atoms with Gasteiger partial charge in [0.1, 0.15) is 0 Å². The first-order chi connectivity index (χ1) is 7.68. The quantitative estimate of drug-likeness (QED) is 0.795. The molecule has 16 heavy (non-hydrogen) atoms. The highest BCUT2D eigenvalue weighted by atomic mass is 16.3. The number of nitrogens with zero attached hydrogens (tertiary/aromatic N) is 1. The van der Waals surface area contributed by atoms with Crippen LogP contribution in [0, 0.1) is 5.92 Å². The van der Waals surface area contributed by atoms with Crippen molar-refractivity contribution in [2.24, 2.45) is 5.92 Å². The summed E-state index contributed by atoms with van der Waals surface area (Å²) in [4.78, 5) is 2.59. The molecule has 0 aromatic rings. The summed E-state index contributed by atoms with van der Waals surface area (Å²) in [5.41, 5.74) is -0.440. The molecule has 1 heterocycles. The molecule has 0 spiro atoms. The Hall–Kier alpha value is -0.0800. The van der Waals surface area contributed by atoms with E-state index in [1.54, 1.807) is 0 Å². The first kappa shape index (κ1) is 12.4. The number of hydrogen-bond acceptors (Lipinski definition) is 2. The molecule has 0 amide bonds. The molecule has 1 saturated heterocycles. The zero-order valence-electron chi connectivity index (χ0n) is 10.9. The fraction of sp³-hybridized carbons (Fsp3) is 1.00. The van der Waals surface area contributed by atoms with Gasteiger partial charge in [-0.05, 0) is 51.0 Å². The molecular formula is C14H27NO. The Labute approximate surface area is 100 Å². The molecule has 0 bridgehead atoms. The predicted molar refractivity (Wildman–Crippen MR) is 67.5 cm³/mol. The second-order valence-corrected chi connectivity index (χ2v) is 5.80. The number of piperidine rings is 1. The van der Waals surface area contributed by atoms with Gasteiger partial charge in [0.25, 0.3) is 0 Å². The summed E-state index contributed by atoms with van der Waals surface area (Å²) in [5.74, 6) is 0.937. The third-order valence-corrected chi connectivity index (χ3v) is 4.92. The van der Waals surface area contributed by atoms with Crippen LogP contribution in [0.2, 0.25) is 0 Å². The summed E-state index contributed by atoms with van der Waals surface area (Å²) >= 11 is 0. The Morgan fingerprint density at radius 1 is 1.12 bits per heavy atom. The molecule has 2 atom stereocenters. The summed E-state index contributed by atoms with van der Waals surface area (Å²) in [5, 5.41) is 10.5. The Bertz CT molecular complexity index is 225. The van der Waals surface area contributed by atoms with E-state index in [0.29, 0.717) is 0 Å². The SMILES string of the molecule is CCC(O)(CC)CN1CCCC2CCCC21. The maximum absolute atomic E-state index is 10.5. The molecule has 0 aromatic heterocycles. The second-order valence-electron chi connectivity index (χ2n) is 5.80. The minimum atomic E-state index is -0.440. The van der Waals surface area contributed by atoms with Crippen molar-refractivity contribution in [1.82, 2.24) is 4.90 Å². The van der Waals surface area contributed by atoms with E-state index in [1.807, 2.05) is 0 Å². The molecule has 2 fully saturated rings. The van der Waals surface area contributed by atoms with Crippen molar-refractivity contribution in [2.75, 3.05) is 13.1 Å². The molecule has 0 aromatic carbocycles. The zero-order chi connectivity index (χ0) is 11.6. The van der Waals surface area contributed by atoms with Crippen molar-refractivity contribution >= 4 is 0 Å². The number of rotatable bonds is 4. The van der Waals surface area contributed by atoms with Crippen molar-refractivity contribution in [3.05, 3.63) is 0 Å². The van der Waals surface area contributed by atoms with Gasteiger partial charge in [0, 0.05) is 12.6 Å². The molecule has 1 aliphatic heterocycles. The van der Waals surface area contributed by atoms with Crippen LogP contribution < -0.4 is 0 Å². The summed E-state index contributed by atoms with van der Waals surface area (Å²) < 4.78 is 0. The molecule has 2 aliphatic rings. The van der Waals surface area contributed by atoms with E-state index < -0.39 is 5.60 Å². The minimum absolute atomic E-state index is 0.440. The normalized spacial score (nSPS) is 31.7. The molecule has 0 radical (unpaired) electrons. The number of fused-ring (bicyclic) bond motifs is 1. The van der Waals surface area contributed by atoms with Gasteiger partial charge in [0.2, 0.25) is 0 Å². The van der Waals surface area contributed by atoms with Gasteiger partial charge in [-0.2, -0.15) is 0 Å². The van der Waals surface area contributed by atoms with Gasteiger partial charge in [-0.1, -0.05) is 20.3 Å². The number of likely N-dealkylation sites (tertiary alicyclic amines) is 1. The Morgan fingerprint density at radius 2 is 1.81 bits per heavy atom. The van der Waals surface area contributed by atoms with E-state index in [0.717, 1.165) is 31.3 Å². The average Bonchev–Trinajstić information content (AvgIpc) is 2.78. The number of β-amino-alcohol motifs (C(OH)–C–C–N with tert-alkyl or cyclic N) is 1. The largest absolute Gasteiger partial charge is 0.389 e. The number of aliphatic hydroxyl groups is 1. The summed E-state index contributed by atoms with van der Waals surface area (Å²) in [6, 6.07) is 0.790. The van der Waals surface area contributed by atoms with E-state index in [9.17, 15) is 5.11 Å². The van der Waals surface area contributed by atoms with E-state index in [1.165, 1.54) is 38.6 Å². The highest BCUT2D eigenvalue weighted by Crippen LogP contribution is 2.37. The van der Waals surface area contributed by atoms with Crippen LogP contribution in [0.5, 0.6) is 0 Å². The maximum atomic E-state index is 10.5. The van der Waals surface area contributed by atoms with Crippen molar-refractivity contribution in [3.63, 3.8) is 0 Å². The summed E-state index contributed by atoms with van der Waals surface area (Å²) in [6.07, 6.45) is 8.74. The molecular weight excluding hydrogens is 198 g/mol. The van der Waals surface area contributed by atoms with E-state index in [-0.39, 0.29) is 0 Å². The molecule has 2 nitrogen and oxygen atoms in total. The minimum Gasteiger partial charge on any atom is -0.389 e. The standard InChI is InChI=1S/C14H27NO/c1-3-14(16,4-2)11-15-10-6-8-12-7-5-9-13(12)15/h12-13,16H,3-11H2,1-2H3. The van der Waals surface area contributed by atoms with Crippen LogP contribution in [-0.2, 0) is 0 Å². The Kier molecular flexibility index (Phi) is 3.91. The van der Waals surface area contributed by atoms with Crippen molar-refractivity contribution in [2.45, 2.75) is 70.4 Å². The molecule has 1 aliphatic carbocycles. The fourth-order valence-electron chi connectivity index (χ4n) is 3.61. The molecule has 2 heteroatoms. The van der Waals surface area contributed by atoms with E-state index >= 15 is 0 Å². The van der Waals surface area contributed by atoms with E-state index in [2.05, 4.69) is 18.7 Å². The first-order valence-corrected chi connectivity index (χ1v) is 7.15. The molecule has 94 valence electrons. The van der Waals surface area contributed by atoms with Crippen LogP contribution >= 0.6 is 0 Å². The number of hydrogen-bond donors (Lipinski definition) is 1. The van der Waals surface area contributed by atoms with Gasteiger partial charge < -0.3 is 5.11 Å². The molecule has 2 rings (SSSR count). The monoisotopic (exact) mass is 225 g/mol. The van der Waals surface area contributed by atoms with Crippen molar-refractivity contribution < 1.29 is 5.11 Å². The van der Waals surface area contributed by atoms with Gasteiger partial charge in [-0.25, -0.2) is 0 Å². The highest BCUT2D eigenvalue weighted by Gasteiger charge is 2.37. The third kappa shape index (κ3) is 2.43. The zero-order valence-corrected chi connectivity index (χ0v) is 10.9. The van der Waals surface area contributed by atoms with Gasteiger partial charge in [-0.15, -0.1) is 0 Å². The van der Waals surface area contributed by atoms with Gasteiger partial charge in [-0.3, -0.25) is 4.90 Å². The molecule has 2 unspecified atom stereocenters. The highest BCUT2D eigenvalue weighted by molar-refractivity contribution is 4.92. The predicted octanol–water partition coefficient (Wildman–Crippen LogP) is 2.80. The van der Waals surface area contributed by atoms with Crippen LogP contribution in [-0.4, -0.2) is 34.7 Å². The maximum Gasteiger partial charge on any atom is 0.0769 e. The Morgan fingerprint density at radius 3 is 2.50 bits per heavy atom. The molecule has 1 N–H and O–H groups in total. The lowest BCUT2D eigenvalue weighted by molar-refractivity contribution is -0.0291. The van der Waals surface area contributed by atoms with Crippen molar-refractivity contribution in [1.29, 1.82) is 0 Å². The van der Waals surface area contributed by atoms with E-state index in [4.69, 9.17) is 0 Å². The van der Waals surface area contributed by atoms with Gasteiger partial charge >= 0.3 is 0 Å². The average molecular weight is 225 g/mol. The summed E-state index contributed by atoms with van der Waals surface area (Å²) in [7, 11) is 0. The lowest BCUT2D eigenvalue weighted by atomic mass is 9.89.